The van der Waals surface area contributed by atoms with Crippen molar-refractivity contribution in [3.8, 4) is 0 Å². The Balaban J connectivity index is 3.20. The zero-order valence-corrected chi connectivity index (χ0v) is 18.6. The van der Waals surface area contributed by atoms with Crippen LogP contribution in [0, 0.1) is 0 Å². The Morgan fingerprint density at radius 3 is 2.19 bits per heavy atom. The van der Waals surface area contributed by atoms with Gasteiger partial charge in [-0.3, -0.25) is 4.79 Å². The molecule has 0 fully saturated rings. The van der Waals surface area contributed by atoms with Gasteiger partial charge < -0.3 is 10.1 Å². The Bertz CT molecular complexity index is 341. The van der Waals surface area contributed by atoms with Crippen molar-refractivity contribution in [1.82, 2.24) is 5.32 Å². The summed E-state index contributed by atoms with van der Waals surface area (Å²) >= 11 is 0. The third kappa shape index (κ3) is 21.3. The summed E-state index contributed by atoms with van der Waals surface area (Å²) in [4.78, 5) is 11.7. The summed E-state index contributed by atoms with van der Waals surface area (Å²) < 4.78 is 5.69. The minimum atomic E-state index is 0.209. The molecule has 0 unspecified atom stereocenters. The third-order valence-corrected chi connectivity index (χ3v) is 5.03. The molecule has 0 aromatic carbocycles. The number of nitrogens with one attached hydrogen (secondary N) is 1. The van der Waals surface area contributed by atoms with Gasteiger partial charge >= 0.3 is 0 Å². The number of carbonyl (C=O) groups is 1. The van der Waals surface area contributed by atoms with Crippen LogP contribution in [-0.4, -0.2) is 25.2 Å². The lowest BCUT2D eigenvalue weighted by molar-refractivity contribution is -0.121. The van der Waals surface area contributed by atoms with Crippen molar-refractivity contribution in [2.45, 2.75) is 123 Å². The highest BCUT2D eigenvalue weighted by molar-refractivity contribution is 5.76. The predicted octanol–water partition coefficient (Wildman–Crippen LogP) is 6.96. The van der Waals surface area contributed by atoms with Crippen LogP contribution in [-0.2, 0) is 9.53 Å². The summed E-state index contributed by atoms with van der Waals surface area (Å²) in [5.41, 5.74) is 0. The molecule has 0 rings (SSSR count). The van der Waals surface area contributed by atoms with E-state index in [1.54, 1.807) is 0 Å². The number of rotatable bonds is 20. The molecule has 0 heterocycles. The van der Waals surface area contributed by atoms with E-state index in [1.807, 2.05) is 0 Å². The second-order valence-corrected chi connectivity index (χ2v) is 7.82. The molecule has 160 valence electrons. The molecule has 0 saturated carbocycles. The van der Waals surface area contributed by atoms with E-state index >= 15 is 0 Å². The van der Waals surface area contributed by atoms with E-state index in [4.69, 9.17) is 4.74 Å². The summed E-state index contributed by atoms with van der Waals surface area (Å²) in [5, 5.41) is 3.02. The van der Waals surface area contributed by atoms with E-state index in [1.165, 1.54) is 57.8 Å². The van der Waals surface area contributed by atoms with Crippen molar-refractivity contribution in [1.29, 1.82) is 0 Å². The predicted molar refractivity (Wildman–Crippen MR) is 118 cm³/mol. The molecule has 1 amide bonds. The van der Waals surface area contributed by atoms with E-state index in [-0.39, 0.29) is 5.91 Å². The Morgan fingerprint density at radius 1 is 0.815 bits per heavy atom. The Kier molecular flexibility index (Phi) is 20.8. The zero-order chi connectivity index (χ0) is 20.0. The molecule has 0 aliphatic heterocycles. The van der Waals surface area contributed by atoms with Crippen LogP contribution in [0.3, 0.4) is 0 Å². The fourth-order valence-electron chi connectivity index (χ4n) is 3.00. The van der Waals surface area contributed by atoms with Crippen LogP contribution < -0.4 is 5.32 Å². The Morgan fingerprint density at radius 2 is 1.44 bits per heavy atom. The largest absolute Gasteiger partial charge is 0.381 e. The van der Waals surface area contributed by atoms with Gasteiger partial charge in [-0.1, -0.05) is 77.4 Å². The molecular weight excluding hydrogens is 334 g/mol. The van der Waals surface area contributed by atoms with Gasteiger partial charge in [0.15, 0.2) is 0 Å². The molecule has 0 aromatic rings. The molecule has 27 heavy (non-hydrogen) atoms. The van der Waals surface area contributed by atoms with Gasteiger partial charge in [0.2, 0.25) is 5.91 Å². The molecular formula is C24H47NO2. The minimum Gasteiger partial charge on any atom is -0.381 e. The molecule has 0 aliphatic carbocycles. The lowest BCUT2D eigenvalue weighted by Crippen LogP contribution is -2.31. The molecule has 3 nitrogen and oxygen atoms in total. The highest BCUT2D eigenvalue weighted by atomic mass is 16.5. The summed E-state index contributed by atoms with van der Waals surface area (Å²) in [6, 6.07) is 0.308. The van der Waals surface area contributed by atoms with Crippen LogP contribution in [0.25, 0.3) is 0 Å². The molecule has 0 aromatic heterocycles. The van der Waals surface area contributed by atoms with E-state index < -0.39 is 0 Å². The highest BCUT2D eigenvalue weighted by Gasteiger charge is 2.04. The second-order valence-electron chi connectivity index (χ2n) is 7.82. The van der Waals surface area contributed by atoms with Gasteiger partial charge in [0.1, 0.15) is 0 Å². The van der Waals surface area contributed by atoms with Gasteiger partial charge in [-0.15, -0.1) is 0 Å². The van der Waals surface area contributed by atoms with Crippen LogP contribution in [0.15, 0.2) is 12.2 Å². The number of amides is 1. The molecule has 0 aliphatic rings. The lowest BCUT2D eigenvalue weighted by atomic mass is 10.1. The standard InChI is InChI=1S/C24H47NO2/c1-4-6-7-8-12-15-18-21-27-22-19-16-13-10-9-11-14-17-20-24(26)25-23(3)5-2/h13,16,23H,4-12,14-15,17-22H2,1-3H3,(H,25,26)/b16-13-/t23-/m1/s1. The van der Waals surface area contributed by atoms with Crippen molar-refractivity contribution in [2.24, 2.45) is 0 Å². The average Bonchev–Trinajstić information content (AvgIpc) is 2.66. The molecule has 0 saturated heterocycles. The van der Waals surface area contributed by atoms with E-state index in [0.717, 1.165) is 45.3 Å². The topological polar surface area (TPSA) is 38.3 Å². The van der Waals surface area contributed by atoms with Gasteiger partial charge in [-0.2, -0.15) is 0 Å². The van der Waals surface area contributed by atoms with Crippen molar-refractivity contribution < 1.29 is 9.53 Å². The molecule has 1 atom stereocenters. The van der Waals surface area contributed by atoms with Crippen LogP contribution in [0.5, 0.6) is 0 Å². The monoisotopic (exact) mass is 381 g/mol. The van der Waals surface area contributed by atoms with Gasteiger partial charge in [0.25, 0.3) is 0 Å². The number of allylic oxidation sites excluding steroid dienone is 1. The van der Waals surface area contributed by atoms with Crippen LogP contribution in [0.2, 0.25) is 0 Å². The van der Waals surface area contributed by atoms with Gasteiger partial charge in [-0.05, 0) is 45.4 Å². The van der Waals surface area contributed by atoms with Crippen molar-refractivity contribution in [3.05, 3.63) is 12.2 Å². The van der Waals surface area contributed by atoms with Crippen LogP contribution in [0.1, 0.15) is 117 Å². The molecule has 0 spiro atoms. The first kappa shape index (κ1) is 26.2. The summed E-state index contributed by atoms with van der Waals surface area (Å²) in [7, 11) is 0. The lowest BCUT2D eigenvalue weighted by Gasteiger charge is -2.10. The third-order valence-electron chi connectivity index (χ3n) is 5.03. The van der Waals surface area contributed by atoms with E-state index in [9.17, 15) is 4.79 Å². The van der Waals surface area contributed by atoms with Gasteiger partial charge in [0, 0.05) is 19.1 Å². The van der Waals surface area contributed by atoms with E-state index in [2.05, 4.69) is 38.2 Å². The first-order valence-electron chi connectivity index (χ1n) is 11.7. The maximum atomic E-state index is 11.7. The molecule has 3 heteroatoms. The summed E-state index contributed by atoms with van der Waals surface area (Å²) in [6.07, 6.45) is 22.4. The molecule has 1 N–H and O–H groups in total. The van der Waals surface area contributed by atoms with Gasteiger partial charge in [-0.25, -0.2) is 0 Å². The fourth-order valence-corrected chi connectivity index (χ4v) is 3.00. The number of carbonyl (C=O) groups excluding carboxylic acids is 1. The Labute approximate surface area is 169 Å². The fraction of sp³-hybridized carbons (Fsp3) is 0.875. The zero-order valence-electron chi connectivity index (χ0n) is 18.6. The van der Waals surface area contributed by atoms with E-state index in [0.29, 0.717) is 12.5 Å². The quantitative estimate of drug-likeness (QED) is 0.183. The maximum Gasteiger partial charge on any atom is 0.220 e. The summed E-state index contributed by atoms with van der Waals surface area (Å²) in [5.74, 6) is 0.209. The Hall–Kier alpha value is -0.830. The van der Waals surface area contributed by atoms with Crippen LogP contribution >= 0.6 is 0 Å². The summed E-state index contributed by atoms with van der Waals surface area (Å²) in [6.45, 7) is 8.20. The number of unbranched alkanes of at least 4 members (excludes halogenated alkanes) is 10. The van der Waals surface area contributed by atoms with Crippen molar-refractivity contribution in [3.63, 3.8) is 0 Å². The average molecular weight is 382 g/mol. The highest BCUT2D eigenvalue weighted by Crippen LogP contribution is 2.08. The second kappa shape index (κ2) is 21.5. The smallest absolute Gasteiger partial charge is 0.220 e. The minimum absolute atomic E-state index is 0.209. The first-order valence-corrected chi connectivity index (χ1v) is 11.7. The number of hydrogen-bond donors (Lipinski definition) is 1. The number of ether oxygens (including phenoxy) is 1. The SMILES string of the molecule is CCCCCCCCCOCC/C=C\CCCCCCC(=O)N[C@H](C)CC. The van der Waals surface area contributed by atoms with Crippen LogP contribution in [0.4, 0.5) is 0 Å². The maximum absolute atomic E-state index is 11.7. The normalized spacial score (nSPS) is 12.6. The molecule has 0 radical (unpaired) electrons. The van der Waals surface area contributed by atoms with Crippen molar-refractivity contribution in [2.75, 3.05) is 13.2 Å². The molecule has 0 bridgehead atoms. The first-order chi connectivity index (χ1) is 13.2. The number of hydrogen-bond acceptors (Lipinski definition) is 2. The van der Waals surface area contributed by atoms with Gasteiger partial charge in [0.05, 0.1) is 6.61 Å². The van der Waals surface area contributed by atoms with Crippen molar-refractivity contribution >= 4 is 5.91 Å².